The first-order valence-corrected chi connectivity index (χ1v) is 3.51. The van der Waals surface area contributed by atoms with Crippen molar-refractivity contribution in [2.24, 2.45) is 5.84 Å². The third-order valence-corrected chi connectivity index (χ3v) is 1.72. The minimum atomic E-state index is 0.609. The number of nitrogens with two attached hydrogens (primary N) is 2. The molecule has 0 spiro atoms. The molecule has 0 atom stereocenters. The van der Waals surface area contributed by atoms with E-state index in [0.29, 0.717) is 11.5 Å². The van der Waals surface area contributed by atoms with E-state index < -0.39 is 0 Å². The second-order valence-electron chi connectivity index (χ2n) is 2.52. The fourth-order valence-corrected chi connectivity index (χ4v) is 1.14. The van der Waals surface area contributed by atoms with Crippen molar-refractivity contribution < 1.29 is 0 Å². The zero-order chi connectivity index (χ0) is 8.55. The summed E-state index contributed by atoms with van der Waals surface area (Å²) in [5.74, 6) is 5.85. The van der Waals surface area contributed by atoms with Crippen molar-refractivity contribution in [2.75, 3.05) is 11.2 Å². The Kier molecular flexibility index (Phi) is 1.38. The van der Waals surface area contributed by atoms with Crippen molar-refractivity contribution in [1.29, 1.82) is 0 Å². The van der Waals surface area contributed by atoms with Crippen LogP contribution in [-0.2, 0) is 0 Å². The molecule has 0 saturated carbocycles. The normalized spacial score (nSPS) is 10.4. The molecule has 2 rings (SSSR count). The molecular weight excluding hydrogens is 154 g/mol. The van der Waals surface area contributed by atoms with Crippen molar-refractivity contribution >= 4 is 22.4 Å². The maximum atomic E-state index is 5.60. The minimum Gasteiger partial charge on any atom is -0.399 e. The van der Waals surface area contributed by atoms with E-state index in [4.69, 9.17) is 11.6 Å². The number of nitrogen functional groups attached to an aromatic ring is 2. The summed E-state index contributed by atoms with van der Waals surface area (Å²) in [5, 5.41) is 7.66. The number of nitrogens with zero attached hydrogens (tertiary/aromatic N) is 1. The van der Waals surface area contributed by atoms with Crippen LogP contribution in [0.5, 0.6) is 0 Å². The summed E-state index contributed by atoms with van der Waals surface area (Å²) in [5.41, 5.74) is 9.68. The van der Waals surface area contributed by atoms with Crippen molar-refractivity contribution in [3.63, 3.8) is 0 Å². The summed E-state index contributed by atoms with van der Waals surface area (Å²) in [6.45, 7) is 0. The molecule has 5 heteroatoms. The molecule has 1 heterocycles. The second-order valence-corrected chi connectivity index (χ2v) is 2.52. The lowest BCUT2D eigenvalue weighted by Gasteiger charge is -1.94. The summed E-state index contributed by atoms with van der Waals surface area (Å²) < 4.78 is 0. The number of benzene rings is 1. The predicted octanol–water partition coefficient (Wildman–Crippen LogP) is 0.431. The van der Waals surface area contributed by atoms with Crippen LogP contribution in [0, 0.1) is 0 Å². The average molecular weight is 163 g/mol. The summed E-state index contributed by atoms with van der Waals surface area (Å²) in [4.78, 5) is 0. The molecule has 0 aliphatic heterocycles. The summed E-state index contributed by atoms with van der Waals surface area (Å²) in [6, 6.07) is 5.48. The van der Waals surface area contributed by atoms with Gasteiger partial charge in [-0.2, -0.15) is 5.10 Å². The molecule has 12 heavy (non-hydrogen) atoms. The van der Waals surface area contributed by atoms with E-state index in [-0.39, 0.29) is 0 Å². The molecule has 0 fully saturated rings. The number of hydrazine groups is 1. The zero-order valence-corrected chi connectivity index (χ0v) is 6.33. The van der Waals surface area contributed by atoms with Crippen LogP contribution in [0.4, 0.5) is 11.5 Å². The molecule has 0 aliphatic carbocycles. The number of aromatic nitrogens is 2. The van der Waals surface area contributed by atoms with Crippen LogP contribution < -0.4 is 17.0 Å². The number of anilines is 2. The molecule has 0 unspecified atom stereocenters. The van der Waals surface area contributed by atoms with Gasteiger partial charge in [-0.15, -0.1) is 0 Å². The van der Waals surface area contributed by atoms with Gasteiger partial charge in [-0.3, -0.25) is 5.10 Å². The second kappa shape index (κ2) is 2.38. The SMILES string of the molecule is NNc1n[nH]c2ccc(N)cc12. The topological polar surface area (TPSA) is 92.7 Å². The van der Waals surface area contributed by atoms with Gasteiger partial charge in [-0.05, 0) is 18.2 Å². The molecule has 0 aliphatic rings. The quantitative estimate of drug-likeness (QED) is 0.278. The highest BCUT2D eigenvalue weighted by Crippen LogP contribution is 2.21. The number of rotatable bonds is 1. The lowest BCUT2D eigenvalue weighted by atomic mass is 10.2. The first kappa shape index (κ1) is 6.93. The monoisotopic (exact) mass is 163 g/mol. The molecule has 1 aromatic heterocycles. The van der Waals surface area contributed by atoms with Gasteiger partial charge in [0.05, 0.1) is 5.52 Å². The summed E-state index contributed by atoms with van der Waals surface area (Å²) >= 11 is 0. The van der Waals surface area contributed by atoms with E-state index >= 15 is 0 Å². The van der Waals surface area contributed by atoms with Gasteiger partial charge in [0, 0.05) is 11.1 Å². The van der Waals surface area contributed by atoms with Crippen LogP contribution in [0.3, 0.4) is 0 Å². The minimum absolute atomic E-state index is 0.609. The first-order chi connectivity index (χ1) is 5.81. The van der Waals surface area contributed by atoms with Crippen molar-refractivity contribution in [1.82, 2.24) is 10.2 Å². The molecule has 62 valence electrons. The van der Waals surface area contributed by atoms with Crippen molar-refractivity contribution in [2.45, 2.75) is 0 Å². The lowest BCUT2D eigenvalue weighted by molar-refractivity contribution is 1.10. The molecule has 1 aromatic carbocycles. The van der Waals surface area contributed by atoms with Crippen molar-refractivity contribution in [3.8, 4) is 0 Å². The fraction of sp³-hybridized carbons (Fsp3) is 0. The van der Waals surface area contributed by atoms with Gasteiger partial charge in [0.25, 0.3) is 0 Å². The number of hydrogen-bond donors (Lipinski definition) is 4. The van der Waals surface area contributed by atoms with Crippen LogP contribution in [0.25, 0.3) is 10.9 Å². The molecule has 2 aromatic rings. The smallest absolute Gasteiger partial charge is 0.169 e. The van der Waals surface area contributed by atoms with E-state index in [2.05, 4.69) is 15.6 Å². The Hall–Kier alpha value is -1.75. The lowest BCUT2D eigenvalue weighted by Crippen LogP contribution is -2.07. The molecule has 6 N–H and O–H groups in total. The van der Waals surface area contributed by atoms with Crippen LogP contribution in [0.15, 0.2) is 18.2 Å². The number of H-pyrrole nitrogens is 1. The maximum Gasteiger partial charge on any atom is 0.169 e. The highest BCUT2D eigenvalue weighted by molar-refractivity contribution is 5.91. The van der Waals surface area contributed by atoms with Crippen LogP contribution in [0.2, 0.25) is 0 Å². The third-order valence-electron chi connectivity index (χ3n) is 1.72. The zero-order valence-electron chi connectivity index (χ0n) is 6.33. The van der Waals surface area contributed by atoms with E-state index in [9.17, 15) is 0 Å². The Bertz CT molecular complexity index is 405. The fourth-order valence-electron chi connectivity index (χ4n) is 1.14. The standard InChI is InChI=1S/C7H9N5/c8-4-1-2-6-5(3-4)7(10-9)12-11-6/h1-3H,8-9H2,(H2,10,11,12). The molecule has 5 nitrogen and oxygen atoms in total. The molecule has 0 saturated heterocycles. The van der Waals surface area contributed by atoms with Gasteiger partial charge in [0.15, 0.2) is 5.82 Å². The Labute approximate surface area is 68.7 Å². The predicted molar refractivity (Wildman–Crippen MR) is 48.3 cm³/mol. The maximum absolute atomic E-state index is 5.60. The molecule has 0 bridgehead atoms. The van der Waals surface area contributed by atoms with Crippen LogP contribution in [0.1, 0.15) is 0 Å². The number of hydrogen-bond acceptors (Lipinski definition) is 4. The Balaban J connectivity index is 2.75. The van der Waals surface area contributed by atoms with Crippen LogP contribution >= 0.6 is 0 Å². The molecule has 0 radical (unpaired) electrons. The highest BCUT2D eigenvalue weighted by atomic mass is 15.3. The summed E-state index contributed by atoms with van der Waals surface area (Å²) in [6.07, 6.45) is 0. The Morgan fingerprint density at radius 3 is 3.00 bits per heavy atom. The van der Waals surface area contributed by atoms with Gasteiger partial charge >= 0.3 is 0 Å². The highest BCUT2D eigenvalue weighted by Gasteiger charge is 2.02. The molecule has 0 amide bonds. The van der Waals surface area contributed by atoms with Crippen molar-refractivity contribution in [3.05, 3.63) is 18.2 Å². The summed E-state index contributed by atoms with van der Waals surface area (Å²) in [7, 11) is 0. The van der Waals surface area contributed by atoms with E-state index in [1.807, 2.05) is 12.1 Å². The first-order valence-electron chi connectivity index (χ1n) is 3.51. The number of fused-ring (bicyclic) bond motifs is 1. The number of nitrogens with one attached hydrogen (secondary N) is 2. The van der Waals surface area contributed by atoms with Gasteiger partial charge in [0.2, 0.25) is 0 Å². The third kappa shape index (κ3) is 0.876. The van der Waals surface area contributed by atoms with E-state index in [1.54, 1.807) is 6.07 Å². The van der Waals surface area contributed by atoms with Crippen LogP contribution in [-0.4, -0.2) is 10.2 Å². The Morgan fingerprint density at radius 2 is 2.25 bits per heavy atom. The van der Waals surface area contributed by atoms with Gasteiger partial charge in [-0.1, -0.05) is 0 Å². The molecular formula is C7H9N5. The van der Waals surface area contributed by atoms with Gasteiger partial charge in [0.1, 0.15) is 0 Å². The van der Waals surface area contributed by atoms with Gasteiger partial charge < -0.3 is 11.2 Å². The van der Waals surface area contributed by atoms with E-state index in [0.717, 1.165) is 10.9 Å². The largest absolute Gasteiger partial charge is 0.399 e. The Morgan fingerprint density at radius 1 is 1.42 bits per heavy atom. The van der Waals surface area contributed by atoms with Gasteiger partial charge in [-0.25, -0.2) is 5.84 Å². The number of aromatic amines is 1. The van der Waals surface area contributed by atoms with E-state index in [1.165, 1.54) is 0 Å². The average Bonchev–Trinajstić information content (AvgIpc) is 2.46.